The van der Waals surface area contributed by atoms with E-state index in [9.17, 15) is 0 Å². The van der Waals surface area contributed by atoms with Gasteiger partial charge in [0, 0.05) is 0 Å². The third kappa shape index (κ3) is 3.21. The molecular weight excluding hydrogens is 138 g/mol. The van der Waals surface area contributed by atoms with Crippen molar-refractivity contribution in [3.05, 3.63) is 0 Å². The SMILES string of the molecule is CC(CON)CC(C)C1CC1. The summed E-state index contributed by atoms with van der Waals surface area (Å²) in [7, 11) is 0. The van der Waals surface area contributed by atoms with Gasteiger partial charge in [-0.1, -0.05) is 13.8 Å². The lowest BCUT2D eigenvalue weighted by atomic mass is 9.94. The second-order valence-electron chi connectivity index (χ2n) is 3.99. The molecule has 0 bridgehead atoms. The van der Waals surface area contributed by atoms with Gasteiger partial charge in [0.2, 0.25) is 0 Å². The van der Waals surface area contributed by atoms with Crippen LogP contribution in [0.1, 0.15) is 33.1 Å². The Labute approximate surface area is 69.1 Å². The van der Waals surface area contributed by atoms with Gasteiger partial charge in [-0.15, -0.1) is 0 Å². The quantitative estimate of drug-likeness (QED) is 0.619. The van der Waals surface area contributed by atoms with Gasteiger partial charge in [-0.05, 0) is 37.0 Å². The van der Waals surface area contributed by atoms with E-state index in [4.69, 9.17) is 5.90 Å². The van der Waals surface area contributed by atoms with Crippen LogP contribution in [0, 0.1) is 17.8 Å². The van der Waals surface area contributed by atoms with E-state index >= 15 is 0 Å². The molecule has 1 aliphatic rings. The smallest absolute Gasteiger partial charge is 0.0704 e. The minimum absolute atomic E-state index is 0.621. The highest BCUT2D eigenvalue weighted by Crippen LogP contribution is 2.39. The highest BCUT2D eigenvalue weighted by molar-refractivity contribution is 4.79. The van der Waals surface area contributed by atoms with Crippen molar-refractivity contribution < 1.29 is 4.84 Å². The number of nitrogens with two attached hydrogens (primary N) is 1. The Kier molecular flexibility index (Phi) is 3.34. The van der Waals surface area contributed by atoms with Gasteiger partial charge in [0.25, 0.3) is 0 Å². The highest BCUT2D eigenvalue weighted by Gasteiger charge is 2.28. The molecule has 2 unspecified atom stereocenters. The normalized spacial score (nSPS) is 23.2. The molecule has 0 aromatic heterocycles. The van der Waals surface area contributed by atoms with E-state index in [0.717, 1.165) is 11.8 Å². The number of hydrogen-bond donors (Lipinski definition) is 1. The zero-order valence-corrected chi connectivity index (χ0v) is 7.55. The zero-order chi connectivity index (χ0) is 8.27. The largest absolute Gasteiger partial charge is 0.304 e. The van der Waals surface area contributed by atoms with E-state index in [2.05, 4.69) is 18.7 Å². The molecule has 2 nitrogen and oxygen atoms in total. The minimum atomic E-state index is 0.621. The summed E-state index contributed by atoms with van der Waals surface area (Å²) in [6, 6.07) is 0. The summed E-state index contributed by atoms with van der Waals surface area (Å²) in [5.41, 5.74) is 0. The van der Waals surface area contributed by atoms with Gasteiger partial charge in [-0.25, -0.2) is 5.90 Å². The third-order valence-electron chi connectivity index (χ3n) is 2.58. The van der Waals surface area contributed by atoms with Gasteiger partial charge >= 0.3 is 0 Å². The summed E-state index contributed by atoms with van der Waals surface area (Å²) >= 11 is 0. The molecule has 0 aromatic carbocycles. The molecule has 11 heavy (non-hydrogen) atoms. The Bertz CT molecular complexity index is 112. The molecule has 0 radical (unpaired) electrons. The first-order chi connectivity index (χ1) is 5.24. The lowest BCUT2D eigenvalue weighted by Crippen LogP contribution is -2.13. The maximum absolute atomic E-state index is 5.00. The molecule has 0 aromatic rings. The monoisotopic (exact) mass is 157 g/mol. The third-order valence-corrected chi connectivity index (χ3v) is 2.58. The van der Waals surface area contributed by atoms with Crippen molar-refractivity contribution in [1.29, 1.82) is 0 Å². The Hall–Kier alpha value is -0.0800. The van der Waals surface area contributed by atoms with Crippen molar-refractivity contribution in [1.82, 2.24) is 0 Å². The lowest BCUT2D eigenvalue weighted by molar-refractivity contribution is 0.0972. The molecule has 1 fully saturated rings. The standard InChI is InChI=1S/C9H19NO/c1-7(6-11-10)5-8(2)9-3-4-9/h7-9H,3-6,10H2,1-2H3. The van der Waals surface area contributed by atoms with Crippen LogP contribution in [0.25, 0.3) is 0 Å². The van der Waals surface area contributed by atoms with Crippen molar-refractivity contribution in [3.8, 4) is 0 Å². The first kappa shape index (κ1) is 9.01. The first-order valence-corrected chi connectivity index (χ1v) is 4.55. The van der Waals surface area contributed by atoms with Gasteiger partial charge in [0.15, 0.2) is 0 Å². The molecule has 0 saturated heterocycles. The maximum Gasteiger partial charge on any atom is 0.0704 e. The molecule has 2 N–H and O–H groups in total. The number of hydrogen-bond acceptors (Lipinski definition) is 2. The van der Waals surface area contributed by atoms with Crippen molar-refractivity contribution >= 4 is 0 Å². The van der Waals surface area contributed by atoms with Crippen LogP contribution >= 0.6 is 0 Å². The van der Waals surface area contributed by atoms with Gasteiger partial charge in [-0.3, -0.25) is 0 Å². The maximum atomic E-state index is 5.00. The van der Waals surface area contributed by atoms with Crippen molar-refractivity contribution in [2.45, 2.75) is 33.1 Å². The summed E-state index contributed by atoms with van der Waals surface area (Å²) in [6.45, 7) is 5.24. The molecule has 1 saturated carbocycles. The van der Waals surface area contributed by atoms with Crippen LogP contribution < -0.4 is 5.90 Å². The average molecular weight is 157 g/mol. The molecule has 0 spiro atoms. The predicted octanol–water partition coefficient (Wildman–Crippen LogP) is 1.95. The van der Waals surface area contributed by atoms with Crippen LogP contribution in [0.4, 0.5) is 0 Å². The van der Waals surface area contributed by atoms with E-state index < -0.39 is 0 Å². The lowest BCUT2D eigenvalue weighted by Gasteiger charge is -2.14. The van der Waals surface area contributed by atoms with E-state index in [1.807, 2.05) is 0 Å². The van der Waals surface area contributed by atoms with Gasteiger partial charge in [0.05, 0.1) is 6.61 Å². The van der Waals surface area contributed by atoms with Gasteiger partial charge in [-0.2, -0.15) is 0 Å². The van der Waals surface area contributed by atoms with E-state index in [-0.39, 0.29) is 0 Å². The minimum Gasteiger partial charge on any atom is -0.304 e. The van der Waals surface area contributed by atoms with Gasteiger partial charge < -0.3 is 4.84 Å². The summed E-state index contributed by atoms with van der Waals surface area (Å²) in [6.07, 6.45) is 4.15. The van der Waals surface area contributed by atoms with Crippen molar-refractivity contribution in [3.63, 3.8) is 0 Å². The second-order valence-corrected chi connectivity index (χ2v) is 3.99. The summed E-state index contributed by atoms with van der Waals surface area (Å²) in [5.74, 6) is 7.50. The topological polar surface area (TPSA) is 35.2 Å². The van der Waals surface area contributed by atoms with Crippen molar-refractivity contribution in [2.24, 2.45) is 23.7 Å². The average Bonchev–Trinajstić information content (AvgIpc) is 2.67. The highest BCUT2D eigenvalue weighted by atomic mass is 16.6. The molecule has 1 aliphatic carbocycles. The molecular formula is C9H19NO. The molecule has 2 heteroatoms. The summed E-state index contributed by atoms with van der Waals surface area (Å²) in [4.78, 5) is 4.60. The molecule has 0 heterocycles. The fourth-order valence-electron chi connectivity index (χ4n) is 1.72. The first-order valence-electron chi connectivity index (χ1n) is 4.55. The summed E-state index contributed by atoms with van der Waals surface area (Å²) < 4.78 is 0. The Morgan fingerprint density at radius 1 is 1.45 bits per heavy atom. The molecule has 66 valence electrons. The zero-order valence-electron chi connectivity index (χ0n) is 7.55. The Morgan fingerprint density at radius 3 is 2.55 bits per heavy atom. The fourth-order valence-corrected chi connectivity index (χ4v) is 1.72. The van der Waals surface area contributed by atoms with E-state index in [1.54, 1.807) is 0 Å². The van der Waals surface area contributed by atoms with Gasteiger partial charge in [0.1, 0.15) is 0 Å². The van der Waals surface area contributed by atoms with E-state index in [0.29, 0.717) is 12.5 Å². The molecule has 2 atom stereocenters. The van der Waals surface area contributed by atoms with Crippen LogP contribution in [0.5, 0.6) is 0 Å². The van der Waals surface area contributed by atoms with Crippen LogP contribution in [-0.4, -0.2) is 6.61 Å². The molecule has 1 rings (SSSR count). The van der Waals surface area contributed by atoms with Crippen LogP contribution in [0.2, 0.25) is 0 Å². The van der Waals surface area contributed by atoms with Crippen molar-refractivity contribution in [2.75, 3.05) is 6.61 Å². The number of rotatable bonds is 5. The molecule has 0 aliphatic heterocycles. The predicted molar refractivity (Wildman–Crippen MR) is 45.8 cm³/mol. The molecule has 0 amide bonds. The second kappa shape index (κ2) is 4.07. The summed E-state index contributed by atoms with van der Waals surface area (Å²) in [5, 5.41) is 0. The Balaban J connectivity index is 2.07. The van der Waals surface area contributed by atoms with Crippen LogP contribution in [-0.2, 0) is 4.84 Å². The van der Waals surface area contributed by atoms with Crippen LogP contribution in [0.3, 0.4) is 0 Å². The van der Waals surface area contributed by atoms with Crippen LogP contribution in [0.15, 0.2) is 0 Å². The Morgan fingerprint density at radius 2 is 2.09 bits per heavy atom. The van der Waals surface area contributed by atoms with E-state index in [1.165, 1.54) is 19.3 Å². The fraction of sp³-hybridized carbons (Fsp3) is 1.00.